The molecule has 0 radical (unpaired) electrons. The Hall–Kier alpha value is -0.890. The monoisotopic (exact) mass is 233 g/mol. The normalized spacial score (nSPS) is 19.1. The van der Waals surface area contributed by atoms with E-state index in [4.69, 9.17) is 5.11 Å². The van der Waals surface area contributed by atoms with Crippen LogP contribution < -0.4 is 0 Å². The summed E-state index contributed by atoms with van der Waals surface area (Å²) in [5, 5.41) is 9.07. The zero-order valence-electron chi connectivity index (χ0n) is 10.8. The Morgan fingerprint density at radius 2 is 2.24 bits per heavy atom. The summed E-state index contributed by atoms with van der Waals surface area (Å²) >= 11 is 0. The maximum atomic E-state index is 9.07. The zero-order valence-corrected chi connectivity index (χ0v) is 10.8. The van der Waals surface area contributed by atoms with Gasteiger partial charge in [-0.25, -0.2) is 0 Å². The summed E-state index contributed by atoms with van der Waals surface area (Å²) in [5.41, 5.74) is 3.45. The van der Waals surface area contributed by atoms with Crippen molar-refractivity contribution in [3.63, 3.8) is 0 Å². The van der Waals surface area contributed by atoms with E-state index in [0.29, 0.717) is 0 Å². The van der Waals surface area contributed by atoms with E-state index in [1.54, 1.807) is 0 Å². The van der Waals surface area contributed by atoms with E-state index in [2.05, 4.69) is 18.0 Å². The number of aliphatic hydroxyl groups is 1. The van der Waals surface area contributed by atoms with Crippen LogP contribution in [0.5, 0.6) is 0 Å². The summed E-state index contributed by atoms with van der Waals surface area (Å²) < 4.78 is 0. The molecule has 1 aliphatic rings. The maximum absolute atomic E-state index is 9.07. The molecular formula is C15H23NO. The van der Waals surface area contributed by atoms with Gasteiger partial charge in [0.1, 0.15) is 0 Å². The molecule has 1 aromatic rings. The first-order valence-corrected chi connectivity index (χ1v) is 6.92. The van der Waals surface area contributed by atoms with Gasteiger partial charge in [-0.2, -0.15) is 0 Å². The molecule has 1 heterocycles. The average Bonchev–Trinajstić information content (AvgIpc) is 2.38. The molecule has 1 atom stereocenters. The first kappa shape index (κ1) is 12.6. The van der Waals surface area contributed by atoms with Gasteiger partial charge in [0, 0.05) is 5.69 Å². The standard InChI is InChI=1S/C15H23NO/c1-2-3-4-5-12-6-9-15-13(10-12)7-8-14(11-17)16-15/h7-8,12,17H,2-6,9-11H2,1H3. The molecule has 0 saturated heterocycles. The number of aromatic nitrogens is 1. The van der Waals surface area contributed by atoms with Crippen LogP contribution in [0.4, 0.5) is 0 Å². The van der Waals surface area contributed by atoms with E-state index >= 15 is 0 Å². The van der Waals surface area contributed by atoms with Crippen molar-refractivity contribution in [1.82, 2.24) is 4.98 Å². The molecule has 2 nitrogen and oxygen atoms in total. The van der Waals surface area contributed by atoms with Crippen LogP contribution in [0, 0.1) is 5.92 Å². The lowest BCUT2D eigenvalue weighted by molar-refractivity contribution is 0.276. The number of aryl methyl sites for hydroxylation is 1. The van der Waals surface area contributed by atoms with Gasteiger partial charge >= 0.3 is 0 Å². The number of hydrogen-bond acceptors (Lipinski definition) is 2. The summed E-state index contributed by atoms with van der Waals surface area (Å²) in [6.45, 7) is 2.32. The van der Waals surface area contributed by atoms with Crippen LogP contribution in [0.25, 0.3) is 0 Å². The van der Waals surface area contributed by atoms with Crippen LogP contribution in [0.15, 0.2) is 12.1 Å². The molecular weight excluding hydrogens is 210 g/mol. The van der Waals surface area contributed by atoms with Crippen molar-refractivity contribution in [3.05, 3.63) is 29.1 Å². The summed E-state index contributed by atoms with van der Waals surface area (Å²) in [4.78, 5) is 4.51. The SMILES string of the molecule is CCCCCC1CCc2nc(CO)ccc2C1. The molecule has 1 aliphatic carbocycles. The van der Waals surface area contributed by atoms with Gasteiger partial charge in [0.2, 0.25) is 0 Å². The third-order valence-corrected chi connectivity index (χ3v) is 3.80. The predicted molar refractivity (Wildman–Crippen MR) is 69.8 cm³/mol. The van der Waals surface area contributed by atoms with Gasteiger partial charge in [0.15, 0.2) is 0 Å². The van der Waals surface area contributed by atoms with E-state index < -0.39 is 0 Å². The van der Waals surface area contributed by atoms with Gasteiger partial charge in [0.05, 0.1) is 12.3 Å². The molecule has 94 valence electrons. The fraction of sp³-hybridized carbons (Fsp3) is 0.667. The molecule has 2 heteroatoms. The molecule has 0 spiro atoms. The van der Waals surface area contributed by atoms with Crippen LogP contribution >= 0.6 is 0 Å². The molecule has 17 heavy (non-hydrogen) atoms. The third kappa shape index (κ3) is 3.29. The number of rotatable bonds is 5. The average molecular weight is 233 g/mol. The molecule has 2 rings (SSSR count). The Morgan fingerprint density at radius 3 is 3.00 bits per heavy atom. The lowest BCUT2D eigenvalue weighted by Crippen LogP contribution is -2.16. The largest absolute Gasteiger partial charge is 0.390 e. The van der Waals surface area contributed by atoms with Crippen molar-refractivity contribution >= 4 is 0 Å². The van der Waals surface area contributed by atoms with Crippen molar-refractivity contribution in [1.29, 1.82) is 0 Å². The van der Waals surface area contributed by atoms with Crippen molar-refractivity contribution in [2.24, 2.45) is 5.92 Å². The topological polar surface area (TPSA) is 33.1 Å². The van der Waals surface area contributed by atoms with Crippen molar-refractivity contribution in [2.75, 3.05) is 0 Å². The van der Waals surface area contributed by atoms with Crippen molar-refractivity contribution in [3.8, 4) is 0 Å². The summed E-state index contributed by atoms with van der Waals surface area (Å²) in [5.74, 6) is 0.857. The van der Waals surface area contributed by atoms with Crippen LogP contribution in [0.3, 0.4) is 0 Å². The minimum absolute atomic E-state index is 0.0627. The van der Waals surface area contributed by atoms with E-state index in [1.165, 1.54) is 49.8 Å². The smallest absolute Gasteiger partial charge is 0.0853 e. The Kier molecular flexibility index (Phi) is 4.55. The minimum Gasteiger partial charge on any atom is -0.390 e. The molecule has 0 fully saturated rings. The zero-order chi connectivity index (χ0) is 12.1. The van der Waals surface area contributed by atoms with Gasteiger partial charge in [-0.05, 0) is 36.8 Å². The van der Waals surface area contributed by atoms with Crippen LogP contribution in [-0.4, -0.2) is 10.1 Å². The number of hydrogen-bond donors (Lipinski definition) is 1. The lowest BCUT2D eigenvalue weighted by atomic mass is 9.83. The summed E-state index contributed by atoms with van der Waals surface area (Å²) in [6.07, 6.45) is 8.99. The third-order valence-electron chi connectivity index (χ3n) is 3.80. The lowest BCUT2D eigenvalue weighted by Gasteiger charge is -2.24. The quantitative estimate of drug-likeness (QED) is 0.792. The molecule has 0 amide bonds. The second-order valence-corrected chi connectivity index (χ2v) is 5.17. The number of unbranched alkanes of at least 4 members (excludes halogenated alkanes) is 2. The van der Waals surface area contributed by atoms with Crippen molar-refractivity contribution < 1.29 is 5.11 Å². The molecule has 0 aliphatic heterocycles. The summed E-state index contributed by atoms with van der Waals surface area (Å²) in [7, 11) is 0. The van der Waals surface area contributed by atoms with E-state index in [-0.39, 0.29) is 6.61 Å². The van der Waals surface area contributed by atoms with E-state index in [9.17, 15) is 0 Å². The first-order chi connectivity index (χ1) is 8.33. The molecule has 0 aromatic carbocycles. The van der Waals surface area contributed by atoms with Crippen molar-refractivity contribution in [2.45, 2.75) is 58.5 Å². The number of pyridine rings is 1. The number of fused-ring (bicyclic) bond motifs is 1. The Labute approximate surface area is 104 Å². The van der Waals surface area contributed by atoms with Gasteiger partial charge < -0.3 is 5.11 Å². The van der Waals surface area contributed by atoms with Gasteiger partial charge in [-0.3, -0.25) is 4.98 Å². The maximum Gasteiger partial charge on any atom is 0.0853 e. The summed E-state index contributed by atoms with van der Waals surface area (Å²) in [6, 6.07) is 4.13. The highest BCUT2D eigenvalue weighted by molar-refractivity contribution is 5.25. The Balaban J connectivity index is 1.94. The fourth-order valence-electron chi connectivity index (χ4n) is 2.75. The minimum atomic E-state index is 0.0627. The second kappa shape index (κ2) is 6.15. The number of aliphatic hydroxyl groups excluding tert-OH is 1. The molecule has 1 unspecified atom stereocenters. The van der Waals surface area contributed by atoms with Crippen LogP contribution in [0.2, 0.25) is 0 Å². The molecule has 1 N–H and O–H groups in total. The molecule has 0 bridgehead atoms. The van der Waals surface area contributed by atoms with Gasteiger partial charge in [-0.1, -0.05) is 38.7 Å². The number of nitrogens with zero attached hydrogens (tertiary/aromatic N) is 1. The van der Waals surface area contributed by atoms with Crippen LogP contribution in [0.1, 0.15) is 56.0 Å². The Bertz CT molecular complexity index is 362. The second-order valence-electron chi connectivity index (χ2n) is 5.17. The highest BCUT2D eigenvalue weighted by atomic mass is 16.3. The molecule has 0 saturated carbocycles. The van der Waals surface area contributed by atoms with Gasteiger partial charge in [-0.15, -0.1) is 0 Å². The Morgan fingerprint density at radius 1 is 1.35 bits per heavy atom. The van der Waals surface area contributed by atoms with Gasteiger partial charge in [0.25, 0.3) is 0 Å². The van der Waals surface area contributed by atoms with E-state index in [1.807, 2.05) is 6.07 Å². The molecule has 1 aromatic heterocycles. The highest BCUT2D eigenvalue weighted by Gasteiger charge is 2.19. The highest BCUT2D eigenvalue weighted by Crippen LogP contribution is 2.28. The van der Waals surface area contributed by atoms with Crippen LogP contribution in [-0.2, 0) is 19.4 Å². The predicted octanol–water partition coefficient (Wildman–Crippen LogP) is 3.26. The first-order valence-electron chi connectivity index (χ1n) is 6.92. The van der Waals surface area contributed by atoms with E-state index in [0.717, 1.165) is 18.0 Å². The fourth-order valence-corrected chi connectivity index (χ4v) is 2.75.